The first-order chi connectivity index (χ1) is 9.78. The van der Waals surface area contributed by atoms with Gasteiger partial charge in [0, 0.05) is 32.8 Å². The number of methoxy groups -OCH3 is 1. The van der Waals surface area contributed by atoms with E-state index in [-0.39, 0.29) is 0 Å². The Morgan fingerprint density at radius 2 is 2.05 bits per heavy atom. The highest BCUT2D eigenvalue weighted by molar-refractivity contribution is 5.48. The molecular formula is C14H23N5O. The van der Waals surface area contributed by atoms with E-state index in [1.54, 1.807) is 7.11 Å². The topological polar surface area (TPSA) is 62.3 Å². The standard InChI is InChI=1S/C14H23N5O/c1-15-12-7-13(18-14(17-12)9-20-2)16-11-8-19-5-3-10(11)4-6-19/h7,10-11H,3-6,8-9H2,1-2H3,(H2,15,16,17,18). The zero-order valence-corrected chi connectivity index (χ0v) is 12.2. The number of rotatable bonds is 5. The van der Waals surface area contributed by atoms with E-state index >= 15 is 0 Å². The summed E-state index contributed by atoms with van der Waals surface area (Å²) in [6, 6.07) is 2.48. The van der Waals surface area contributed by atoms with Gasteiger partial charge in [-0.15, -0.1) is 0 Å². The normalized spacial score (nSPS) is 28.4. The molecule has 0 aliphatic carbocycles. The third-order valence-corrected chi connectivity index (χ3v) is 4.29. The van der Waals surface area contributed by atoms with Crippen molar-refractivity contribution in [2.75, 3.05) is 44.4 Å². The van der Waals surface area contributed by atoms with Gasteiger partial charge in [-0.05, 0) is 31.8 Å². The molecule has 1 aromatic rings. The fourth-order valence-electron chi connectivity index (χ4n) is 3.21. The second-order valence-corrected chi connectivity index (χ2v) is 5.63. The molecule has 3 aliphatic rings. The molecule has 6 nitrogen and oxygen atoms in total. The van der Waals surface area contributed by atoms with Gasteiger partial charge < -0.3 is 20.3 Å². The van der Waals surface area contributed by atoms with Crippen molar-refractivity contribution in [3.63, 3.8) is 0 Å². The van der Waals surface area contributed by atoms with Crippen molar-refractivity contribution in [3.05, 3.63) is 11.9 Å². The molecular weight excluding hydrogens is 254 g/mol. The minimum atomic E-state index is 0.435. The van der Waals surface area contributed by atoms with Crippen molar-refractivity contribution in [2.24, 2.45) is 5.92 Å². The van der Waals surface area contributed by atoms with Crippen LogP contribution in [-0.4, -0.2) is 54.7 Å². The highest BCUT2D eigenvalue weighted by Gasteiger charge is 2.34. The van der Waals surface area contributed by atoms with Crippen molar-refractivity contribution in [1.82, 2.24) is 14.9 Å². The predicted octanol–water partition coefficient (Wildman–Crippen LogP) is 1.17. The van der Waals surface area contributed by atoms with E-state index in [1.165, 1.54) is 25.9 Å². The van der Waals surface area contributed by atoms with Crippen LogP contribution in [0.2, 0.25) is 0 Å². The van der Waals surface area contributed by atoms with Gasteiger partial charge in [0.2, 0.25) is 0 Å². The maximum atomic E-state index is 5.13. The van der Waals surface area contributed by atoms with Crippen LogP contribution in [0.25, 0.3) is 0 Å². The van der Waals surface area contributed by atoms with Gasteiger partial charge >= 0.3 is 0 Å². The molecule has 3 saturated heterocycles. The number of hydrogen-bond acceptors (Lipinski definition) is 6. The average Bonchev–Trinajstić information content (AvgIpc) is 2.48. The Kier molecular flexibility index (Phi) is 4.03. The van der Waals surface area contributed by atoms with Crippen molar-refractivity contribution >= 4 is 11.6 Å². The largest absolute Gasteiger partial charge is 0.377 e. The van der Waals surface area contributed by atoms with Gasteiger partial charge in [0.1, 0.15) is 18.2 Å². The zero-order valence-electron chi connectivity index (χ0n) is 12.2. The van der Waals surface area contributed by atoms with Gasteiger partial charge in [0.05, 0.1) is 0 Å². The summed E-state index contributed by atoms with van der Waals surface area (Å²) in [6.07, 6.45) is 2.60. The summed E-state index contributed by atoms with van der Waals surface area (Å²) in [5.41, 5.74) is 0. The summed E-state index contributed by atoms with van der Waals surface area (Å²) in [5, 5.41) is 6.68. The molecule has 1 unspecified atom stereocenters. The van der Waals surface area contributed by atoms with Crippen molar-refractivity contribution in [3.8, 4) is 0 Å². The van der Waals surface area contributed by atoms with E-state index in [2.05, 4.69) is 25.5 Å². The number of fused-ring (bicyclic) bond motifs is 3. The lowest BCUT2D eigenvalue weighted by Crippen LogP contribution is -2.53. The molecule has 0 spiro atoms. The molecule has 2 N–H and O–H groups in total. The summed E-state index contributed by atoms with van der Waals surface area (Å²) >= 11 is 0. The van der Waals surface area contributed by atoms with E-state index in [0.717, 1.165) is 24.1 Å². The molecule has 6 heteroatoms. The summed E-state index contributed by atoms with van der Waals surface area (Å²) in [6.45, 7) is 4.07. The third-order valence-electron chi connectivity index (χ3n) is 4.29. The van der Waals surface area contributed by atoms with Crippen LogP contribution in [0.5, 0.6) is 0 Å². The molecule has 0 aromatic carbocycles. The number of piperidine rings is 3. The second-order valence-electron chi connectivity index (χ2n) is 5.63. The fourth-order valence-corrected chi connectivity index (χ4v) is 3.21. The predicted molar refractivity (Wildman–Crippen MR) is 78.9 cm³/mol. The molecule has 3 fully saturated rings. The highest BCUT2D eigenvalue weighted by atomic mass is 16.5. The highest BCUT2D eigenvalue weighted by Crippen LogP contribution is 2.29. The Morgan fingerprint density at radius 3 is 2.65 bits per heavy atom. The first-order valence-corrected chi connectivity index (χ1v) is 7.32. The van der Waals surface area contributed by atoms with Crippen LogP contribution < -0.4 is 10.6 Å². The van der Waals surface area contributed by atoms with Crippen LogP contribution in [0, 0.1) is 5.92 Å². The van der Waals surface area contributed by atoms with Crippen LogP contribution in [0.15, 0.2) is 6.07 Å². The number of anilines is 2. The van der Waals surface area contributed by atoms with Crippen molar-refractivity contribution < 1.29 is 4.74 Å². The first kappa shape index (κ1) is 13.6. The van der Waals surface area contributed by atoms with Gasteiger partial charge in [0.15, 0.2) is 5.82 Å². The second kappa shape index (κ2) is 5.93. The summed E-state index contributed by atoms with van der Waals surface area (Å²) < 4.78 is 5.13. The summed E-state index contributed by atoms with van der Waals surface area (Å²) in [4.78, 5) is 11.5. The Bertz CT molecular complexity index is 459. The Labute approximate surface area is 119 Å². The third kappa shape index (κ3) is 2.86. The van der Waals surface area contributed by atoms with Gasteiger partial charge in [-0.3, -0.25) is 0 Å². The lowest BCUT2D eigenvalue weighted by molar-refractivity contribution is 0.0973. The SMILES string of the molecule is CNc1cc(NC2CN3CCC2CC3)nc(COC)n1. The number of hydrogen-bond donors (Lipinski definition) is 2. The van der Waals surface area contributed by atoms with E-state index < -0.39 is 0 Å². The van der Waals surface area contributed by atoms with Gasteiger partial charge in [-0.2, -0.15) is 0 Å². The van der Waals surface area contributed by atoms with E-state index in [9.17, 15) is 0 Å². The van der Waals surface area contributed by atoms with E-state index in [0.29, 0.717) is 18.5 Å². The Balaban J connectivity index is 1.74. The fraction of sp³-hybridized carbons (Fsp3) is 0.714. The molecule has 110 valence electrons. The molecule has 3 aliphatic heterocycles. The Morgan fingerprint density at radius 1 is 1.30 bits per heavy atom. The summed E-state index contributed by atoms with van der Waals surface area (Å²) in [5.74, 6) is 3.22. The monoisotopic (exact) mass is 277 g/mol. The average molecular weight is 277 g/mol. The number of aromatic nitrogens is 2. The first-order valence-electron chi connectivity index (χ1n) is 7.32. The molecule has 0 radical (unpaired) electrons. The van der Waals surface area contributed by atoms with Crippen LogP contribution in [0.1, 0.15) is 18.7 Å². The number of ether oxygens (including phenoxy) is 1. The molecule has 4 heterocycles. The minimum Gasteiger partial charge on any atom is -0.377 e. The van der Waals surface area contributed by atoms with Crippen LogP contribution >= 0.6 is 0 Å². The minimum absolute atomic E-state index is 0.435. The van der Waals surface area contributed by atoms with Gasteiger partial charge in [-0.1, -0.05) is 0 Å². The van der Waals surface area contributed by atoms with Crippen molar-refractivity contribution in [2.45, 2.75) is 25.5 Å². The lowest BCUT2D eigenvalue weighted by atomic mass is 9.84. The van der Waals surface area contributed by atoms with Crippen LogP contribution in [0.4, 0.5) is 11.6 Å². The molecule has 1 atom stereocenters. The van der Waals surface area contributed by atoms with Crippen LogP contribution in [-0.2, 0) is 11.3 Å². The molecule has 4 rings (SSSR count). The summed E-state index contributed by atoms with van der Waals surface area (Å²) in [7, 11) is 3.53. The quantitative estimate of drug-likeness (QED) is 0.842. The zero-order chi connectivity index (χ0) is 13.9. The maximum absolute atomic E-state index is 5.13. The van der Waals surface area contributed by atoms with Crippen molar-refractivity contribution in [1.29, 1.82) is 0 Å². The van der Waals surface area contributed by atoms with E-state index in [1.807, 2.05) is 13.1 Å². The molecule has 0 saturated carbocycles. The smallest absolute Gasteiger partial charge is 0.158 e. The molecule has 2 bridgehead atoms. The number of nitrogens with zero attached hydrogens (tertiary/aromatic N) is 3. The lowest BCUT2D eigenvalue weighted by Gasteiger charge is -2.45. The molecule has 0 amide bonds. The molecule has 1 aromatic heterocycles. The Hall–Kier alpha value is -1.40. The van der Waals surface area contributed by atoms with Gasteiger partial charge in [0.25, 0.3) is 0 Å². The van der Waals surface area contributed by atoms with Gasteiger partial charge in [-0.25, -0.2) is 9.97 Å². The van der Waals surface area contributed by atoms with Crippen LogP contribution in [0.3, 0.4) is 0 Å². The van der Waals surface area contributed by atoms with E-state index in [4.69, 9.17) is 4.74 Å². The number of nitrogens with one attached hydrogen (secondary N) is 2. The maximum Gasteiger partial charge on any atom is 0.158 e. The molecule has 20 heavy (non-hydrogen) atoms.